The zero-order chi connectivity index (χ0) is 21.5. The molecule has 3 amide bonds. The molecule has 1 aromatic carbocycles. The molecule has 0 unspecified atom stereocenters. The second-order valence-corrected chi connectivity index (χ2v) is 7.24. The van der Waals surface area contributed by atoms with Crippen LogP contribution in [0.15, 0.2) is 24.3 Å². The van der Waals surface area contributed by atoms with Gasteiger partial charge in [0.25, 0.3) is 0 Å². The number of urea groups is 1. The van der Waals surface area contributed by atoms with Crippen molar-refractivity contribution in [2.24, 2.45) is 5.41 Å². The average Bonchev–Trinajstić information content (AvgIpc) is 2.56. The molecule has 0 aliphatic rings. The lowest BCUT2D eigenvalue weighted by atomic mass is 9.86. The molecular weight excluding hydrogens is 373 g/mol. The normalized spacial score (nSPS) is 13.1. The zero-order valence-corrected chi connectivity index (χ0v) is 15.8. The lowest BCUT2D eigenvalue weighted by Crippen LogP contribution is -2.57. The van der Waals surface area contributed by atoms with Crippen molar-refractivity contribution < 1.29 is 33.8 Å². The molecule has 5 N–H and O–H groups in total. The number of carbonyl (C=O) groups is 4. The minimum absolute atomic E-state index is 0.297. The molecule has 28 heavy (non-hydrogen) atoms. The number of amides is 3. The second kappa shape index (κ2) is 9.67. The van der Waals surface area contributed by atoms with Gasteiger partial charge in [-0.15, -0.1) is 0 Å². The van der Waals surface area contributed by atoms with Crippen LogP contribution in [0.2, 0.25) is 0 Å². The van der Waals surface area contributed by atoms with Crippen molar-refractivity contribution in [2.45, 2.75) is 45.7 Å². The number of hydrogen-bond acceptors (Lipinski definition) is 4. The van der Waals surface area contributed by atoms with E-state index in [4.69, 9.17) is 5.11 Å². The highest BCUT2D eigenvalue weighted by Gasteiger charge is 2.35. The number of benzene rings is 1. The first-order valence-corrected chi connectivity index (χ1v) is 8.48. The first-order valence-electron chi connectivity index (χ1n) is 8.48. The Morgan fingerprint density at radius 3 is 2.07 bits per heavy atom. The monoisotopic (exact) mass is 397 g/mol. The molecule has 0 saturated carbocycles. The van der Waals surface area contributed by atoms with Crippen molar-refractivity contribution in [3.63, 3.8) is 0 Å². The minimum atomic E-state index is -1.41. The number of hydrogen-bond donors (Lipinski definition) is 5. The molecule has 1 aromatic rings. The Balaban J connectivity index is 2.84. The summed E-state index contributed by atoms with van der Waals surface area (Å²) < 4.78 is 12.9. The second-order valence-electron chi connectivity index (χ2n) is 7.24. The topological polar surface area (TPSA) is 145 Å². The Kier molecular flexibility index (Phi) is 7.90. The molecule has 10 heteroatoms. The molecule has 1 rings (SSSR count). The van der Waals surface area contributed by atoms with Gasteiger partial charge in [0, 0.05) is 12.1 Å². The van der Waals surface area contributed by atoms with Crippen LogP contribution in [0.5, 0.6) is 0 Å². The Labute approximate surface area is 161 Å². The standard InChI is InChI=1S/C18H24FN3O6/c1-18(2,3)14(15(25)21-12(16(26)27)8-9-13(23)24)22-17(28)20-11-6-4-10(19)5-7-11/h4-7,12,14H,8-9H2,1-3H3,(H,21,25)(H,23,24)(H,26,27)(H2,20,22,28)/t12-,14-/m1/s1. The van der Waals surface area contributed by atoms with Crippen molar-refractivity contribution in [3.05, 3.63) is 30.1 Å². The summed E-state index contributed by atoms with van der Waals surface area (Å²) >= 11 is 0. The third-order valence-electron chi connectivity index (χ3n) is 3.77. The van der Waals surface area contributed by atoms with Crippen molar-refractivity contribution in [2.75, 3.05) is 5.32 Å². The van der Waals surface area contributed by atoms with Gasteiger partial charge in [-0.2, -0.15) is 0 Å². The molecule has 0 heterocycles. The van der Waals surface area contributed by atoms with Crippen LogP contribution in [0.25, 0.3) is 0 Å². The molecule has 0 aromatic heterocycles. The fraction of sp³-hybridized carbons (Fsp3) is 0.444. The van der Waals surface area contributed by atoms with E-state index in [0.717, 1.165) is 12.1 Å². The van der Waals surface area contributed by atoms with Crippen LogP contribution in [-0.4, -0.2) is 46.2 Å². The Bertz CT molecular complexity index is 730. The van der Waals surface area contributed by atoms with Gasteiger partial charge in [-0.1, -0.05) is 20.8 Å². The predicted octanol–water partition coefficient (Wildman–Crippen LogP) is 1.80. The number of nitrogens with one attached hydrogen (secondary N) is 3. The molecule has 0 radical (unpaired) electrons. The summed E-state index contributed by atoms with van der Waals surface area (Å²) in [6.45, 7) is 5.01. The molecule has 154 valence electrons. The quantitative estimate of drug-likeness (QED) is 0.452. The molecule has 0 aliphatic heterocycles. The van der Waals surface area contributed by atoms with Crippen LogP contribution in [0, 0.1) is 11.2 Å². The van der Waals surface area contributed by atoms with Crippen LogP contribution >= 0.6 is 0 Å². The lowest BCUT2D eigenvalue weighted by molar-refractivity contribution is -0.143. The van der Waals surface area contributed by atoms with E-state index in [0.29, 0.717) is 5.69 Å². The summed E-state index contributed by atoms with van der Waals surface area (Å²) in [5.41, 5.74) is -0.475. The molecular formula is C18H24FN3O6. The Morgan fingerprint density at radius 1 is 1.04 bits per heavy atom. The SMILES string of the molecule is CC(C)(C)[C@H](NC(=O)Nc1ccc(F)cc1)C(=O)N[C@H](CCC(=O)O)C(=O)O. The molecule has 9 nitrogen and oxygen atoms in total. The van der Waals surface area contributed by atoms with E-state index < -0.39 is 53.6 Å². The van der Waals surface area contributed by atoms with Crippen molar-refractivity contribution in [1.29, 1.82) is 0 Å². The van der Waals surface area contributed by atoms with E-state index in [-0.39, 0.29) is 6.42 Å². The van der Waals surface area contributed by atoms with E-state index in [1.54, 1.807) is 20.8 Å². The van der Waals surface area contributed by atoms with E-state index in [2.05, 4.69) is 16.0 Å². The third kappa shape index (κ3) is 7.60. The maximum Gasteiger partial charge on any atom is 0.326 e. The van der Waals surface area contributed by atoms with Crippen molar-refractivity contribution in [3.8, 4) is 0 Å². The van der Waals surface area contributed by atoms with Gasteiger partial charge < -0.3 is 26.2 Å². The maximum atomic E-state index is 12.9. The van der Waals surface area contributed by atoms with Crippen LogP contribution in [0.4, 0.5) is 14.9 Å². The van der Waals surface area contributed by atoms with E-state index in [9.17, 15) is 28.7 Å². The number of anilines is 1. The highest BCUT2D eigenvalue weighted by atomic mass is 19.1. The van der Waals surface area contributed by atoms with Gasteiger partial charge in [-0.05, 0) is 36.1 Å². The largest absolute Gasteiger partial charge is 0.481 e. The number of aliphatic carboxylic acids is 2. The molecule has 0 bridgehead atoms. The van der Waals surface area contributed by atoms with Gasteiger partial charge in [-0.3, -0.25) is 9.59 Å². The van der Waals surface area contributed by atoms with Crippen LogP contribution in [0.1, 0.15) is 33.6 Å². The highest BCUT2D eigenvalue weighted by molar-refractivity contribution is 5.95. The van der Waals surface area contributed by atoms with Gasteiger partial charge in [0.05, 0.1) is 0 Å². The lowest BCUT2D eigenvalue weighted by Gasteiger charge is -2.31. The van der Waals surface area contributed by atoms with E-state index in [1.165, 1.54) is 12.1 Å². The van der Waals surface area contributed by atoms with E-state index >= 15 is 0 Å². The smallest absolute Gasteiger partial charge is 0.326 e. The molecule has 0 fully saturated rings. The van der Waals surface area contributed by atoms with Crippen molar-refractivity contribution >= 4 is 29.6 Å². The third-order valence-corrected chi connectivity index (χ3v) is 3.77. The van der Waals surface area contributed by atoms with Gasteiger partial charge in [0.2, 0.25) is 5.91 Å². The Morgan fingerprint density at radius 2 is 1.61 bits per heavy atom. The summed E-state index contributed by atoms with van der Waals surface area (Å²) in [6, 6.07) is 1.74. The summed E-state index contributed by atoms with van der Waals surface area (Å²) in [6.07, 6.45) is -0.731. The first-order chi connectivity index (χ1) is 12.9. The number of rotatable bonds is 8. The van der Waals surface area contributed by atoms with Crippen LogP contribution in [-0.2, 0) is 14.4 Å². The first kappa shape index (κ1) is 22.9. The predicted molar refractivity (Wildman–Crippen MR) is 98.2 cm³/mol. The number of carboxylic acids is 2. The number of carboxylic acid groups (broad SMARTS) is 2. The van der Waals surface area contributed by atoms with Gasteiger partial charge in [0.15, 0.2) is 0 Å². The van der Waals surface area contributed by atoms with Gasteiger partial charge in [0.1, 0.15) is 17.9 Å². The maximum absolute atomic E-state index is 12.9. The molecule has 0 spiro atoms. The molecule has 0 aliphatic carbocycles. The fourth-order valence-corrected chi connectivity index (χ4v) is 2.29. The molecule has 0 saturated heterocycles. The average molecular weight is 397 g/mol. The highest BCUT2D eigenvalue weighted by Crippen LogP contribution is 2.20. The summed E-state index contributed by atoms with van der Waals surface area (Å²) in [7, 11) is 0. The van der Waals surface area contributed by atoms with Gasteiger partial charge >= 0.3 is 18.0 Å². The number of halogens is 1. The van der Waals surface area contributed by atoms with Crippen LogP contribution < -0.4 is 16.0 Å². The minimum Gasteiger partial charge on any atom is -0.481 e. The van der Waals surface area contributed by atoms with Crippen LogP contribution in [0.3, 0.4) is 0 Å². The van der Waals surface area contributed by atoms with Gasteiger partial charge in [-0.25, -0.2) is 14.0 Å². The fourth-order valence-electron chi connectivity index (χ4n) is 2.29. The summed E-state index contributed by atoms with van der Waals surface area (Å²) in [5.74, 6) is -3.80. The van der Waals surface area contributed by atoms with E-state index in [1.807, 2.05) is 0 Å². The Hall–Kier alpha value is -3.17. The summed E-state index contributed by atoms with van der Waals surface area (Å²) in [5, 5.41) is 25.1. The zero-order valence-electron chi connectivity index (χ0n) is 15.8. The molecule has 2 atom stereocenters. The van der Waals surface area contributed by atoms with Crippen molar-refractivity contribution in [1.82, 2.24) is 10.6 Å². The number of carbonyl (C=O) groups excluding carboxylic acids is 2. The summed E-state index contributed by atoms with van der Waals surface area (Å²) in [4.78, 5) is 46.7.